The van der Waals surface area contributed by atoms with Crippen molar-refractivity contribution in [2.45, 2.75) is 31.9 Å². The van der Waals surface area contributed by atoms with Crippen molar-refractivity contribution < 1.29 is 27.6 Å². The molecule has 0 radical (unpaired) electrons. The molecule has 6 nitrogen and oxygen atoms in total. The Balaban J connectivity index is 1.50. The van der Waals surface area contributed by atoms with E-state index in [0.29, 0.717) is 12.0 Å². The van der Waals surface area contributed by atoms with Crippen molar-refractivity contribution in [1.29, 1.82) is 0 Å². The molecule has 0 spiro atoms. The number of nitrogens with zero attached hydrogens (tertiary/aromatic N) is 1. The number of aliphatic imine (C=N–C) groups is 1. The van der Waals surface area contributed by atoms with Crippen molar-refractivity contribution in [2.24, 2.45) is 16.8 Å². The van der Waals surface area contributed by atoms with Crippen LogP contribution in [0.1, 0.15) is 36.8 Å². The van der Waals surface area contributed by atoms with Crippen LogP contribution in [-0.2, 0) is 20.6 Å². The molecule has 2 N–H and O–H groups in total. The van der Waals surface area contributed by atoms with E-state index in [9.17, 15) is 27.6 Å². The highest BCUT2D eigenvalue weighted by atomic mass is 19.4. The number of carbonyl (C=O) groups excluding carboxylic acids is 3. The number of hydrogen-bond acceptors (Lipinski definition) is 3. The number of alkyl halides is 3. The van der Waals surface area contributed by atoms with Crippen LogP contribution in [0.2, 0.25) is 0 Å². The van der Waals surface area contributed by atoms with Crippen molar-refractivity contribution >= 4 is 23.6 Å². The van der Waals surface area contributed by atoms with E-state index in [-0.39, 0.29) is 36.5 Å². The van der Waals surface area contributed by atoms with Crippen LogP contribution in [0.5, 0.6) is 0 Å². The monoisotopic (exact) mass is 381 g/mol. The van der Waals surface area contributed by atoms with Crippen molar-refractivity contribution in [3.63, 3.8) is 0 Å². The molecule has 1 saturated carbocycles. The van der Waals surface area contributed by atoms with Gasteiger partial charge in [0.25, 0.3) is 5.91 Å². The molecule has 0 bridgehead atoms. The molecular weight excluding hydrogens is 363 g/mol. The van der Waals surface area contributed by atoms with Gasteiger partial charge in [0.15, 0.2) is 0 Å². The van der Waals surface area contributed by atoms with Gasteiger partial charge < -0.3 is 10.6 Å². The van der Waals surface area contributed by atoms with Gasteiger partial charge in [0.2, 0.25) is 11.8 Å². The van der Waals surface area contributed by atoms with Gasteiger partial charge in [-0.1, -0.05) is 18.2 Å². The SMILES string of the molecule is C[C@H]1C(=O)N=C(CCNC(=O)[C@@H]2C[C@@H]2c2cccc(C(F)(F)F)c2)NC1=O. The van der Waals surface area contributed by atoms with Crippen LogP contribution >= 0.6 is 0 Å². The molecule has 0 unspecified atom stereocenters. The van der Waals surface area contributed by atoms with Gasteiger partial charge in [0.05, 0.1) is 5.56 Å². The van der Waals surface area contributed by atoms with Crippen molar-refractivity contribution in [2.75, 3.05) is 6.54 Å². The fourth-order valence-corrected chi connectivity index (χ4v) is 2.97. The fraction of sp³-hybridized carbons (Fsp3) is 0.444. The Hall–Kier alpha value is -2.71. The van der Waals surface area contributed by atoms with E-state index in [1.54, 1.807) is 6.07 Å². The second-order valence-electron chi connectivity index (χ2n) is 6.72. The summed E-state index contributed by atoms with van der Waals surface area (Å²) in [4.78, 5) is 39.0. The zero-order valence-electron chi connectivity index (χ0n) is 14.5. The molecule has 1 aromatic carbocycles. The van der Waals surface area contributed by atoms with Gasteiger partial charge in [-0.05, 0) is 30.9 Å². The summed E-state index contributed by atoms with van der Waals surface area (Å²) in [5.74, 6) is -2.44. The summed E-state index contributed by atoms with van der Waals surface area (Å²) in [6.45, 7) is 1.63. The van der Waals surface area contributed by atoms with Crippen LogP contribution in [0.3, 0.4) is 0 Å². The minimum atomic E-state index is -4.41. The third-order valence-electron chi connectivity index (χ3n) is 4.71. The van der Waals surface area contributed by atoms with Gasteiger partial charge >= 0.3 is 6.18 Å². The number of hydrogen-bond donors (Lipinski definition) is 2. The number of amides is 3. The number of halogens is 3. The first-order chi connectivity index (χ1) is 12.7. The number of benzene rings is 1. The van der Waals surface area contributed by atoms with E-state index < -0.39 is 29.5 Å². The maximum Gasteiger partial charge on any atom is 0.416 e. The van der Waals surface area contributed by atoms with Crippen LogP contribution in [0, 0.1) is 11.8 Å². The maximum atomic E-state index is 12.8. The molecule has 27 heavy (non-hydrogen) atoms. The van der Waals surface area contributed by atoms with E-state index in [4.69, 9.17) is 0 Å². The summed E-state index contributed by atoms with van der Waals surface area (Å²) >= 11 is 0. The lowest BCUT2D eigenvalue weighted by Gasteiger charge is -2.17. The minimum Gasteiger partial charge on any atom is -0.355 e. The molecule has 3 atom stereocenters. The Morgan fingerprint density at radius 1 is 1.33 bits per heavy atom. The summed E-state index contributed by atoms with van der Waals surface area (Å²) in [5.41, 5.74) is -0.232. The highest BCUT2D eigenvalue weighted by Crippen LogP contribution is 2.48. The second kappa shape index (κ2) is 7.13. The number of nitrogens with one attached hydrogen (secondary N) is 2. The van der Waals surface area contributed by atoms with Crippen molar-refractivity contribution in [3.05, 3.63) is 35.4 Å². The molecule has 1 aliphatic carbocycles. The lowest BCUT2D eigenvalue weighted by Crippen LogP contribution is -2.44. The van der Waals surface area contributed by atoms with Crippen LogP contribution < -0.4 is 10.6 Å². The van der Waals surface area contributed by atoms with E-state index in [1.807, 2.05) is 0 Å². The third kappa shape index (κ3) is 4.35. The lowest BCUT2D eigenvalue weighted by atomic mass is 10.1. The van der Waals surface area contributed by atoms with Crippen LogP contribution in [0.4, 0.5) is 13.2 Å². The number of amidine groups is 1. The molecule has 1 heterocycles. The fourth-order valence-electron chi connectivity index (χ4n) is 2.97. The summed E-state index contributed by atoms with van der Waals surface area (Å²) in [7, 11) is 0. The highest BCUT2D eigenvalue weighted by Gasteiger charge is 2.44. The van der Waals surface area contributed by atoms with Crippen molar-refractivity contribution in [3.8, 4) is 0 Å². The zero-order valence-corrected chi connectivity index (χ0v) is 14.5. The Morgan fingerprint density at radius 3 is 2.74 bits per heavy atom. The smallest absolute Gasteiger partial charge is 0.355 e. The molecule has 3 rings (SSSR count). The Bertz CT molecular complexity index is 820. The third-order valence-corrected chi connectivity index (χ3v) is 4.71. The molecule has 0 saturated heterocycles. The molecule has 1 aromatic rings. The lowest BCUT2D eigenvalue weighted by molar-refractivity contribution is -0.137. The van der Waals surface area contributed by atoms with E-state index in [2.05, 4.69) is 15.6 Å². The molecule has 9 heteroatoms. The van der Waals surface area contributed by atoms with E-state index >= 15 is 0 Å². The Morgan fingerprint density at radius 2 is 2.07 bits per heavy atom. The van der Waals surface area contributed by atoms with Crippen LogP contribution in [0.15, 0.2) is 29.3 Å². The maximum absolute atomic E-state index is 12.8. The second-order valence-corrected chi connectivity index (χ2v) is 6.72. The Kier molecular flexibility index (Phi) is 5.03. The minimum absolute atomic E-state index is 0.172. The van der Waals surface area contributed by atoms with E-state index in [1.165, 1.54) is 13.0 Å². The van der Waals surface area contributed by atoms with Crippen molar-refractivity contribution in [1.82, 2.24) is 10.6 Å². The Labute approximate surface area is 153 Å². The molecule has 144 valence electrons. The summed E-state index contributed by atoms with van der Waals surface area (Å²) in [5, 5.41) is 5.18. The normalized spacial score (nSPS) is 24.9. The van der Waals surface area contributed by atoms with Gasteiger partial charge in [0.1, 0.15) is 11.8 Å². The predicted octanol–water partition coefficient (Wildman–Crippen LogP) is 2.01. The highest BCUT2D eigenvalue weighted by molar-refractivity contribution is 6.15. The first-order valence-corrected chi connectivity index (χ1v) is 8.54. The zero-order chi connectivity index (χ0) is 19.8. The molecule has 3 amide bonds. The molecule has 0 aromatic heterocycles. The first-order valence-electron chi connectivity index (χ1n) is 8.54. The molecular formula is C18H18F3N3O3. The molecule has 2 aliphatic rings. The average Bonchev–Trinajstić information content (AvgIpc) is 3.40. The van der Waals surface area contributed by atoms with Gasteiger partial charge in [-0.3, -0.25) is 14.4 Å². The van der Waals surface area contributed by atoms with Gasteiger partial charge in [0, 0.05) is 18.9 Å². The molecule has 1 fully saturated rings. The van der Waals surface area contributed by atoms with Gasteiger partial charge in [-0.25, -0.2) is 0 Å². The average molecular weight is 381 g/mol. The van der Waals surface area contributed by atoms with Gasteiger partial charge in [-0.15, -0.1) is 0 Å². The van der Waals surface area contributed by atoms with E-state index in [0.717, 1.165) is 12.1 Å². The largest absolute Gasteiger partial charge is 0.416 e. The van der Waals surface area contributed by atoms with Gasteiger partial charge in [-0.2, -0.15) is 18.2 Å². The quantitative estimate of drug-likeness (QED) is 0.765. The standard InChI is InChI=1S/C18H18F3N3O3/c1-9-15(25)23-14(24-16(9)26)5-6-22-17(27)13-8-12(13)10-3-2-4-11(7-10)18(19,20)21/h2-4,7,9,12-13H,5-6,8H2,1H3,(H,22,27)(H,23,24,25,26)/t12-,13-/m1/s1. The summed E-state index contributed by atoms with van der Waals surface area (Å²) in [6, 6.07) is 5.01. The number of carbonyl (C=O) groups is 3. The first kappa shape index (κ1) is 19.1. The number of rotatable bonds is 5. The van der Waals surface area contributed by atoms with Crippen LogP contribution in [0.25, 0.3) is 0 Å². The molecule has 1 aliphatic heterocycles. The summed E-state index contributed by atoms with van der Waals surface area (Å²) in [6.07, 6.45) is -3.74. The summed E-state index contributed by atoms with van der Waals surface area (Å²) < 4.78 is 38.4. The predicted molar refractivity (Wildman–Crippen MR) is 89.7 cm³/mol. The topological polar surface area (TPSA) is 87.6 Å². The van der Waals surface area contributed by atoms with Crippen LogP contribution in [-0.4, -0.2) is 30.1 Å².